The van der Waals surface area contributed by atoms with Gasteiger partial charge in [0.25, 0.3) is 0 Å². The fraction of sp³-hybridized carbons (Fsp3) is 0.737. The summed E-state index contributed by atoms with van der Waals surface area (Å²) in [6.45, 7) is 7.91. The molecule has 26 heavy (non-hydrogen) atoms. The maximum atomic E-state index is 5.53. The first-order valence-electron chi connectivity index (χ1n) is 9.50. The Kier molecular flexibility index (Phi) is 9.12. The number of thiophene rings is 1. The number of morpholine rings is 1. The molecule has 2 aliphatic rings. The standard InChI is InChI=1S/C19H32N4OS.HI/c1-19(7-3-4-8-19)15-22-18(20-2)21-14-16(17-6-5-13-25-17)23-9-11-24-12-10-23;/h5-6,13,16H,3-4,7-12,14-15H2,1-2H3,(H2,20,21,22);1H. The molecule has 1 saturated heterocycles. The van der Waals surface area contributed by atoms with Crippen LogP contribution in [0.2, 0.25) is 0 Å². The van der Waals surface area contributed by atoms with E-state index in [0.717, 1.165) is 45.4 Å². The summed E-state index contributed by atoms with van der Waals surface area (Å²) in [6.07, 6.45) is 5.37. The van der Waals surface area contributed by atoms with Crippen LogP contribution in [0.25, 0.3) is 0 Å². The van der Waals surface area contributed by atoms with Gasteiger partial charge in [0, 0.05) is 38.1 Å². The van der Waals surface area contributed by atoms with E-state index in [-0.39, 0.29) is 24.0 Å². The van der Waals surface area contributed by atoms with Crippen LogP contribution in [0.1, 0.15) is 43.5 Å². The minimum Gasteiger partial charge on any atom is -0.379 e. The predicted molar refractivity (Wildman–Crippen MR) is 121 cm³/mol. The fourth-order valence-corrected chi connectivity index (χ4v) is 4.76. The maximum Gasteiger partial charge on any atom is 0.191 e. The number of halogens is 1. The molecule has 5 nitrogen and oxygen atoms in total. The SMILES string of the molecule is CN=C(NCC(c1cccs1)N1CCOCC1)NCC1(C)CCCC1.I. The van der Waals surface area contributed by atoms with Gasteiger partial charge in [-0.05, 0) is 29.7 Å². The van der Waals surface area contributed by atoms with E-state index in [4.69, 9.17) is 4.74 Å². The van der Waals surface area contributed by atoms with E-state index in [9.17, 15) is 0 Å². The lowest BCUT2D eigenvalue weighted by Gasteiger charge is -2.34. The number of nitrogens with one attached hydrogen (secondary N) is 2. The Labute approximate surface area is 179 Å². The second-order valence-electron chi connectivity index (χ2n) is 7.50. The lowest BCUT2D eigenvalue weighted by Crippen LogP contribution is -2.47. The highest BCUT2D eigenvalue weighted by Gasteiger charge is 2.29. The number of aliphatic imine (C=N–C) groups is 1. The highest BCUT2D eigenvalue weighted by molar-refractivity contribution is 14.0. The van der Waals surface area contributed by atoms with Gasteiger partial charge in [0.05, 0.1) is 19.3 Å². The average Bonchev–Trinajstić information content (AvgIpc) is 3.31. The Morgan fingerprint density at radius 1 is 1.31 bits per heavy atom. The molecule has 148 valence electrons. The van der Waals surface area contributed by atoms with Crippen molar-refractivity contribution in [3.05, 3.63) is 22.4 Å². The minimum atomic E-state index is 0. The molecule has 2 heterocycles. The van der Waals surface area contributed by atoms with Crippen molar-refractivity contribution in [1.29, 1.82) is 0 Å². The van der Waals surface area contributed by atoms with Gasteiger partial charge in [-0.3, -0.25) is 9.89 Å². The third-order valence-corrected chi connectivity index (χ3v) is 6.51. The van der Waals surface area contributed by atoms with Crippen LogP contribution in [0.5, 0.6) is 0 Å². The van der Waals surface area contributed by atoms with Gasteiger partial charge in [-0.2, -0.15) is 0 Å². The zero-order valence-electron chi connectivity index (χ0n) is 16.0. The zero-order chi connectivity index (χ0) is 17.5. The van der Waals surface area contributed by atoms with E-state index in [1.54, 1.807) is 0 Å². The van der Waals surface area contributed by atoms with Gasteiger partial charge in [-0.1, -0.05) is 25.8 Å². The quantitative estimate of drug-likeness (QED) is 0.363. The Bertz CT molecular complexity index is 540. The van der Waals surface area contributed by atoms with Gasteiger partial charge < -0.3 is 15.4 Å². The summed E-state index contributed by atoms with van der Waals surface area (Å²) in [5.41, 5.74) is 0.426. The number of rotatable bonds is 6. The summed E-state index contributed by atoms with van der Waals surface area (Å²) in [7, 11) is 1.86. The van der Waals surface area contributed by atoms with Crippen molar-refractivity contribution in [1.82, 2.24) is 15.5 Å². The highest BCUT2D eigenvalue weighted by Crippen LogP contribution is 2.36. The monoisotopic (exact) mass is 492 g/mol. The average molecular weight is 492 g/mol. The molecule has 0 aromatic carbocycles. The number of guanidine groups is 1. The molecule has 0 bridgehead atoms. The van der Waals surface area contributed by atoms with Crippen molar-refractivity contribution in [3.63, 3.8) is 0 Å². The van der Waals surface area contributed by atoms with Gasteiger partial charge in [-0.25, -0.2) is 0 Å². The van der Waals surface area contributed by atoms with E-state index < -0.39 is 0 Å². The highest BCUT2D eigenvalue weighted by atomic mass is 127. The van der Waals surface area contributed by atoms with Crippen molar-refractivity contribution in [2.24, 2.45) is 10.4 Å². The molecular formula is C19H33IN4OS. The second kappa shape index (κ2) is 10.8. The van der Waals surface area contributed by atoms with Crippen LogP contribution >= 0.6 is 35.3 Å². The summed E-state index contributed by atoms with van der Waals surface area (Å²) < 4.78 is 5.53. The summed E-state index contributed by atoms with van der Waals surface area (Å²) in [6, 6.07) is 4.76. The summed E-state index contributed by atoms with van der Waals surface area (Å²) >= 11 is 1.83. The summed E-state index contributed by atoms with van der Waals surface area (Å²) in [5.74, 6) is 0.919. The van der Waals surface area contributed by atoms with Crippen LogP contribution in [-0.4, -0.2) is 57.3 Å². The Morgan fingerprint density at radius 2 is 2.04 bits per heavy atom. The van der Waals surface area contributed by atoms with Crippen LogP contribution in [0.4, 0.5) is 0 Å². The van der Waals surface area contributed by atoms with Crippen LogP contribution in [0.15, 0.2) is 22.5 Å². The van der Waals surface area contributed by atoms with E-state index in [1.807, 2.05) is 18.4 Å². The molecule has 0 amide bonds. The molecule has 1 aromatic rings. The predicted octanol–water partition coefficient (Wildman–Crippen LogP) is 3.48. The third kappa shape index (κ3) is 6.07. The lowest BCUT2D eigenvalue weighted by atomic mass is 9.89. The molecule has 2 fully saturated rings. The normalized spacial score (nSPS) is 21.8. The number of hydrogen-bond donors (Lipinski definition) is 2. The van der Waals surface area contributed by atoms with Crippen molar-refractivity contribution in [3.8, 4) is 0 Å². The molecule has 2 N–H and O–H groups in total. The molecule has 0 spiro atoms. The molecular weight excluding hydrogens is 459 g/mol. The van der Waals surface area contributed by atoms with E-state index in [0.29, 0.717) is 11.5 Å². The van der Waals surface area contributed by atoms with Crippen LogP contribution in [0.3, 0.4) is 0 Å². The fourth-order valence-electron chi connectivity index (χ4n) is 3.90. The molecule has 1 atom stereocenters. The van der Waals surface area contributed by atoms with Crippen molar-refractivity contribution < 1.29 is 4.74 Å². The summed E-state index contributed by atoms with van der Waals surface area (Å²) in [4.78, 5) is 8.36. The van der Waals surface area contributed by atoms with Gasteiger partial charge in [0.1, 0.15) is 0 Å². The molecule has 1 unspecified atom stereocenters. The van der Waals surface area contributed by atoms with Gasteiger partial charge >= 0.3 is 0 Å². The van der Waals surface area contributed by atoms with Crippen LogP contribution < -0.4 is 10.6 Å². The number of hydrogen-bond acceptors (Lipinski definition) is 4. The largest absolute Gasteiger partial charge is 0.379 e. The molecule has 1 aliphatic carbocycles. The van der Waals surface area contributed by atoms with Crippen LogP contribution in [-0.2, 0) is 4.74 Å². The van der Waals surface area contributed by atoms with E-state index >= 15 is 0 Å². The Balaban J connectivity index is 0.00000243. The Morgan fingerprint density at radius 3 is 2.65 bits per heavy atom. The van der Waals surface area contributed by atoms with E-state index in [1.165, 1.54) is 30.6 Å². The zero-order valence-corrected chi connectivity index (χ0v) is 19.1. The second-order valence-corrected chi connectivity index (χ2v) is 8.48. The van der Waals surface area contributed by atoms with Crippen LogP contribution in [0, 0.1) is 5.41 Å². The molecule has 1 aliphatic heterocycles. The smallest absolute Gasteiger partial charge is 0.191 e. The molecule has 0 radical (unpaired) electrons. The third-order valence-electron chi connectivity index (χ3n) is 5.54. The molecule has 1 saturated carbocycles. The van der Waals surface area contributed by atoms with Crippen molar-refractivity contribution in [2.75, 3.05) is 46.4 Å². The maximum absolute atomic E-state index is 5.53. The molecule has 7 heteroatoms. The summed E-state index contributed by atoms with van der Waals surface area (Å²) in [5, 5.41) is 9.28. The minimum absolute atomic E-state index is 0. The first-order chi connectivity index (χ1) is 12.2. The lowest BCUT2D eigenvalue weighted by molar-refractivity contribution is 0.0177. The topological polar surface area (TPSA) is 48.9 Å². The molecule has 1 aromatic heterocycles. The molecule has 3 rings (SSSR count). The van der Waals surface area contributed by atoms with Crippen molar-refractivity contribution >= 4 is 41.3 Å². The van der Waals surface area contributed by atoms with Crippen molar-refractivity contribution in [2.45, 2.75) is 38.6 Å². The van der Waals surface area contributed by atoms with E-state index in [2.05, 4.69) is 45.0 Å². The van der Waals surface area contributed by atoms with Gasteiger partial charge in [0.2, 0.25) is 0 Å². The van der Waals surface area contributed by atoms with Gasteiger partial charge in [0.15, 0.2) is 5.96 Å². The first-order valence-corrected chi connectivity index (χ1v) is 10.4. The first kappa shape index (κ1) is 21.9. The Hall–Kier alpha value is -0.380. The number of ether oxygens (including phenoxy) is 1. The number of nitrogens with zero attached hydrogens (tertiary/aromatic N) is 2. The van der Waals surface area contributed by atoms with Gasteiger partial charge in [-0.15, -0.1) is 35.3 Å².